The van der Waals surface area contributed by atoms with E-state index in [-0.39, 0.29) is 5.56 Å². The molecule has 19 heavy (non-hydrogen) atoms. The Balaban J connectivity index is 2.31. The predicted octanol–water partition coefficient (Wildman–Crippen LogP) is 1.95. The van der Waals surface area contributed by atoms with Crippen molar-refractivity contribution in [3.8, 4) is 0 Å². The minimum atomic E-state index is -0.456. The lowest BCUT2D eigenvalue weighted by Gasteiger charge is -2.09. The molecule has 0 saturated heterocycles. The van der Waals surface area contributed by atoms with Gasteiger partial charge in [-0.1, -0.05) is 12.1 Å². The summed E-state index contributed by atoms with van der Waals surface area (Å²) in [6.45, 7) is 5.54. The number of nitrogens with one attached hydrogen (secondary N) is 2. The molecule has 0 saturated carbocycles. The number of hydrogen-bond donors (Lipinski definition) is 2. The molecule has 1 heterocycles. The van der Waals surface area contributed by atoms with Crippen LogP contribution in [0.25, 0.3) is 0 Å². The van der Waals surface area contributed by atoms with Gasteiger partial charge in [-0.05, 0) is 38.0 Å². The number of carbonyl (C=O) groups excluding carboxylic acids is 1. The molecule has 5 heteroatoms. The summed E-state index contributed by atoms with van der Waals surface area (Å²) in [5.41, 5.74) is 2.33. The molecule has 0 atom stereocenters. The fourth-order valence-corrected chi connectivity index (χ4v) is 1.72. The summed E-state index contributed by atoms with van der Waals surface area (Å²) < 4.78 is 0. The molecule has 1 amide bonds. The van der Waals surface area contributed by atoms with Gasteiger partial charge in [0.2, 0.25) is 0 Å². The van der Waals surface area contributed by atoms with Crippen LogP contribution in [0.4, 0.5) is 5.69 Å². The van der Waals surface area contributed by atoms with Crippen molar-refractivity contribution in [2.45, 2.75) is 20.8 Å². The monoisotopic (exact) mass is 257 g/mol. The molecular weight excluding hydrogens is 242 g/mol. The summed E-state index contributed by atoms with van der Waals surface area (Å²) in [6.07, 6.45) is 1.29. The van der Waals surface area contributed by atoms with Crippen molar-refractivity contribution in [2.75, 3.05) is 5.32 Å². The molecule has 0 aliphatic rings. The van der Waals surface area contributed by atoms with Crippen molar-refractivity contribution in [3.05, 3.63) is 57.3 Å². The Bertz CT molecular complexity index is 689. The Morgan fingerprint density at radius 3 is 2.68 bits per heavy atom. The van der Waals surface area contributed by atoms with Crippen LogP contribution in [0.15, 0.2) is 29.2 Å². The van der Waals surface area contributed by atoms with Crippen molar-refractivity contribution < 1.29 is 4.79 Å². The number of anilines is 1. The number of benzene rings is 1. The van der Waals surface area contributed by atoms with Crippen LogP contribution in [0.2, 0.25) is 0 Å². The molecule has 0 radical (unpaired) electrons. The maximum Gasteiger partial charge on any atom is 0.263 e. The first-order valence-electron chi connectivity index (χ1n) is 5.92. The lowest BCUT2D eigenvalue weighted by molar-refractivity contribution is 0.102. The van der Waals surface area contributed by atoms with E-state index in [1.54, 1.807) is 13.0 Å². The number of aromatic amines is 1. The van der Waals surface area contributed by atoms with Crippen LogP contribution in [-0.2, 0) is 0 Å². The molecule has 2 N–H and O–H groups in total. The normalized spacial score (nSPS) is 10.3. The Morgan fingerprint density at radius 1 is 1.26 bits per heavy atom. The van der Waals surface area contributed by atoms with Gasteiger partial charge in [-0.15, -0.1) is 0 Å². The fraction of sp³-hybridized carbons (Fsp3) is 0.214. The zero-order chi connectivity index (χ0) is 14.0. The van der Waals surface area contributed by atoms with E-state index in [2.05, 4.69) is 15.3 Å². The molecule has 0 spiro atoms. The zero-order valence-electron chi connectivity index (χ0n) is 11.1. The van der Waals surface area contributed by atoms with Gasteiger partial charge in [0.1, 0.15) is 11.4 Å². The zero-order valence-corrected chi connectivity index (χ0v) is 11.1. The van der Waals surface area contributed by atoms with Crippen LogP contribution >= 0.6 is 0 Å². The number of nitrogens with zero attached hydrogens (tertiary/aromatic N) is 1. The number of rotatable bonds is 2. The first kappa shape index (κ1) is 13.0. The Kier molecular flexibility index (Phi) is 3.46. The van der Waals surface area contributed by atoms with E-state index in [0.29, 0.717) is 11.5 Å². The maximum absolute atomic E-state index is 12.0. The second-order valence-electron chi connectivity index (χ2n) is 4.41. The summed E-state index contributed by atoms with van der Waals surface area (Å²) in [6, 6.07) is 5.62. The third-order valence-corrected chi connectivity index (χ3v) is 3.02. The van der Waals surface area contributed by atoms with Crippen LogP contribution in [0, 0.1) is 20.8 Å². The molecule has 2 aromatic rings. The second kappa shape index (κ2) is 5.06. The number of amides is 1. The molecule has 1 aromatic heterocycles. The predicted molar refractivity (Wildman–Crippen MR) is 73.5 cm³/mol. The molecule has 2 rings (SSSR count). The van der Waals surface area contributed by atoms with Gasteiger partial charge in [0.25, 0.3) is 11.5 Å². The highest BCUT2D eigenvalue weighted by atomic mass is 16.2. The summed E-state index contributed by atoms with van der Waals surface area (Å²) in [5.74, 6) is 0.0238. The van der Waals surface area contributed by atoms with Crippen LogP contribution < -0.4 is 10.9 Å². The highest BCUT2D eigenvalue weighted by Crippen LogP contribution is 2.18. The number of hydrogen-bond acceptors (Lipinski definition) is 3. The van der Waals surface area contributed by atoms with Crippen molar-refractivity contribution >= 4 is 11.6 Å². The standard InChI is InChI=1S/C14H15N3O2/c1-8-5-4-6-12(9(8)2)17-14(19)11-7-15-10(3)16-13(11)18/h4-7H,1-3H3,(H,17,19)(H,15,16,18). The molecular formula is C14H15N3O2. The third-order valence-electron chi connectivity index (χ3n) is 3.02. The van der Waals surface area contributed by atoms with Gasteiger partial charge >= 0.3 is 0 Å². The van der Waals surface area contributed by atoms with Crippen molar-refractivity contribution in [2.24, 2.45) is 0 Å². The molecule has 1 aromatic carbocycles. The van der Waals surface area contributed by atoms with Crippen LogP contribution in [-0.4, -0.2) is 15.9 Å². The molecule has 98 valence electrons. The molecule has 0 unspecified atom stereocenters. The van der Waals surface area contributed by atoms with E-state index in [0.717, 1.165) is 11.1 Å². The molecule has 0 bridgehead atoms. The van der Waals surface area contributed by atoms with E-state index in [1.165, 1.54) is 6.20 Å². The minimum absolute atomic E-state index is 0.00602. The molecule has 0 aliphatic carbocycles. The summed E-state index contributed by atoms with van der Waals surface area (Å²) in [5, 5.41) is 2.73. The highest BCUT2D eigenvalue weighted by Gasteiger charge is 2.12. The van der Waals surface area contributed by atoms with Gasteiger partial charge in [-0.2, -0.15) is 0 Å². The Hall–Kier alpha value is -2.43. The first-order valence-corrected chi connectivity index (χ1v) is 5.92. The van der Waals surface area contributed by atoms with Gasteiger partial charge in [-0.25, -0.2) is 4.98 Å². The van der Waals surface area contributed by atoms with E-state index in [4.69, 9.17) is 0 Å². The number of carbonyl (C=O) groups is 1. The number of aromatic nitrogens is 2. The van der Waals surface area contributed by atoms with E-state index in [9.17, 15) is 9.59 Å². The lowest BCUT2D eigenvalue weighted by Crippen LogP contribution is -2.24. The Morgan fingerprint density at radius 2 is 2.00 bits per heavy atom. The molecule has 5 nitrogen and oxygen atoms in total. The molecule has 0 aliphatic heterocycles. The van der Waals surface area contributed by atoms with Gasteiger partial charge < -0.3 is 10.3 Å². The fourth-order valence-electron chi connectivity index (χ4n) is 1.72. The third kappa shape index (κ3) is 2.70. The summed E-state index contributed by atoms with van der Waals surface area (Å²) in [7, 11) is 0. The maximum atomic E-state index is 12.0. The van der Waals surface area contributed by atoms with Gasteiger partial charge in [0.15, 0.2) is 0 Å². The van der Waals surface area contributed by atoms with Crippen LogP contribution in [0.3, 0.4) is 0 Å². The summed E-state index contributed by atoms with van der Waals surface area (Å²) in [4.78, 5) is 30.1. The minimum Gasteiger partial charge on any atom is -0.322 e. The van der Waals surface area contributed by atoms with E-state index in [1.807, 2.05) is 26.0 Å². The van der Waals surface area contributed by atoms with Gasteiger partial charge in [0.05, 0.1) is 0 Å². The van der Waals surface area contributed by atoms with Crippen molar-refractivity contribution in [1.29, 1.82) is 0 Å². The quantitative estimate of drug-likeness (QED) is 0.863. The van der Waals surface area contributed by atoms with Gasteiger partial charge in [-0.3, -0.25) is 9.59 Å². The smallest absolute Gasteiger partial charge is 0.263 e. The van der Waals surface area contributed by atoms with Crippen molar-refractivity contribution in [3.63, 3.8) is 0 Å². The number of H-pyrrole nitrogens is 1. The number of aryl methyl sites for hydroxylation is 2. The average Bonchev–Trinajstić information content (AvgIpc) is 2.34. The average molecular weight is 257 g/mol. The summed E-state index contributed by atoms with van der Waals surface area (Å²) >= 11 is 0. The van der Waals surface area contributed by atoms with Crippen LogP contribution in [0.1, 0.15) is 27.3 Å². The second-order valence-corrected chi connectivity index (χ2v) is 4.41. The van der Waals surface area contributed by atoms with Crippen molar-refractivity contribution in [1.82, 2.24) is 9.97 Å². The highest BCUT2D eigenvalue weighted by molar-refractivity contribution is 6.04. The largest absolute Gasteiger partial charge is 0.322 e. The molecule has 0 fully saturated rings. The Labute approximate surface area is 110 Å². The van der Waals surface area contributed by atoms with Gasteiger partial charge in [0, 0.05) is 11.9 Å². The van der Waals surface area contributed by atoms with E-state index < -0.39 is 11.5 Å². The lowest BCUT2D eigenvalue weighted by atomic mass is 10.1. The first-order chi connectivity index (χ1) is 8.99. The topological polar surface area (TPSA) is 74.8 Å². The van der Waals surface area contributed by atoms with Crippen LogP contribution in [0.5, 0.6) is 0 Å². The SMILES string of the molecule is Cc1ncc(C(=O)Nc2cccc(C)c2C)c(=O)[nH]1. The van der Waals surface area contributed by atoms with E-state index >= 15 is 0 Å².